The van der Waals surface area contributed by atoms with Crippen LogP contribution in [0.5, 0.6) is 11.5 Å². The quantitative estimate of drug-likeness (QED) is 0.377. The van der Waals surface area contributed by atoms with Gasteiger partial charge in [-0.3, -0.25) is 0 Å². The summed E-state index contributed by atoms with van der Waals surface area (Å²) in [5, 5.41) is 0.634. The van der Waals surface area contributed by atoms with Gasteiger partial charge in [0.05, 0.1) is 18.2 Å². The average Bonchev–Trinajstić information content (AvgIpc) is 2.69. The number of hydrogen-bond donors (Lipinski definition) is 0. The van der Waals surface area contributed by atoms with Crippen molar-refractivity contribution in [3.63, 3.8) is 0 Å². The third-order valence-electron chi connectivity index (χ3n) is 4.91. The lowest BCUT2D eigenvalue weighted by atomic mass is 9.84. The van der Waals surface area contributed by atoms with Gasteiger partial charge in [0.15, 0.2) is 0 Å². The van der Waals surface area contributed by atoms with Crippen LogP contribution >= 0.6 is 11.6 Å². The number of para-hydroxylation sites is 1. The topological polar surface area (TPSA) is 18.5 Å². The Balaban J connectivity index is 1.52. The summed E-state index contributed by atoms with van der Waals surface area (Å²) in [6.45, 7) is 10.1. The average molecular weight is 409 g/mol. The van der Waals surface area contributed by atoms with Crippen LogP contribution in [0.1, 0.15) is 38.3 Å². The highest BCUT2D eigenvalue weighted by atomic mass is 35.5. The first-order chi connectivity index (χ1) is 13.8. The first-order valence-corrected chi connectivity index (χ1v) is 10.4. The molecule has 0 amide bonds. The van der Waals surface area contributed by atoms with E-state index in [4.69, 9.17) is 21.1 Å². The molecule has 0 saturated carbocycles. The fraction of sp³-hybridized carbons (Fsp3) is 0.308. The van der Waals surface area contributed by atoms with Gasteiger partial charge in [-0.2, -0.15) is 0 Å². The van der Waals surface area contributed by atoms with E-state index in [1.165, 1.54) is 22.3 Å². The van der Waals surface area contributed by atoms with Gasteiger partial charge >= 0.3 is 0 Å². The molecule has 0 aliphatic carbocycles. The summed E-state index contributed by atoms with van der Waals surface area (Å²) >= 11 is 6.08. The van der Waals surface area contributed by atoms with Crippen molar-refractivity contribution in [2.24, 2.45) is 0 Å². The van der Waals surface area contributed by atoms with Crippen molar-refractivity contribution in [3.8, 4) is 22.6 Å². The Labute approximate surface area is 179 Å². The number of ether oxygens (including phenoxy) is 2. The van der Waals surface area contributed by atoms with Gasteiger partial charge in [-0.05, 0) is 58.9 Å². The monoisotopic (exact) mass is 408 g/mol. The van der Waals surface area contributed by atoms with Crippen molar-refractivity contribution in [2.45, 2.75) is 39.5 Å². The molecule has 0 aliphatic heterocycles. The SMILES string of the molecule is Cc1cc(C(C)(C)C)ccc1-c1ccc(OCCCOc2ccccc2Cl)cc1. The van der Waals surface area contributed by atoms with Gasteiger partial charge in [0.1, 0.15) is 11.5 Å². The first-order valence-electron chi connectivity index (χ1n) is 10.1. The van der Waals surface area contributed by atoms with Crippen molar-refractivity contribution >= 4 is 11.6 Å². The minimum atomic E-state index is 0.163. The number of hydrogen-bond acceptors (Lipinski definition) is 2. The van der Waals surface area contributed by atoms with Crippen molar-refractivity contribution in [1.29, 1.82) is 0 Å². The van der Waals surface area contributed by atoms with Gasteiger partial charge < -0.3 is 9.47 Å². The molecule has 0 saturated heterocycles. The van der Waals surface area contributed by atoms with Crippen LogP contribution in [0.15, 0.2) is 66.7 Å². The molecule has 0 radical (unpaired) electrons. The second-order valence-corrected chi connectivity index (χ2v) is 8.69. The zero-order valence-electron chi connectivity index (χ0n) is 17.7. The maximum atomic E-state index is 6.08. The molecule has 0 unspecified atom stereocenters. The molecule has 0 N–H and O–H groups in total. The number of aryl methyl sites for hydroxylation is 1. The highest BCUT2D eigenvalue weighted by Crippen LogP contribution is 2.30. The third kappa shape index (κ3) is 5.77. The Morgan fingerprint density at radius 2 is 1.52 bits per heavy atom. The van der Waals surface area contributed by atoms with E-state index < -0.39 is 0 Å². The predicted molar refractivity (Wildman–Crippen MR) is 122 cm³/mol. The summed E-state index contributed by atoms with van der Waals surface area (Å²) in [6, 6.07) is 22.5. The fourth-order valence-corrected chi connectivity index (χ4v) is 3.37. The first kappa shape index (κ1) is 21.3. The van der Waals surface area contributed by atoms with Crippen LogP contribution < -0.4 is 9.47 Å². The third-order valence-corrected chi connectivity index (χ3v) is 5.22. The van der Waals surface area contributed by atoms with E-state index in [0.29, 0.717) is 24.0 Å². The second-order valence-electron chi connectivity index (χ2n) is 8.28. The lowest BCUT2D eigenvalue weighted by Gasteiger charge is -2.20. The summed E-state index contributed by atoms with van der Waals surface area (Å²) < 4.78 is 11.5. The molecule has 0 heterocycles. The van der Waals surface area contributed by atoms with Crippen molar-refractivity contribution < 1.29 is 9.47 Å². The summed E-state index contributed by atoms with van der Waals surface area (Å²) in [7, 11) is 0. The predicted octanol–water partition coefficient (Wildman–Crippen LogP) is 7.46. The number of rotatable bonds is 7. The molecule has 0 aliphatic rings. The standard InChI is InChI=1S/C26H29ClO2/c1-19-18-21(26(2,3)4)12-15-23(19)20-10-13-22(14-11-20)28-16-7-17-29-25-9-6-5-8-24(25)27/h5-6,8-15,18H,7,16-17H2,1-4H3. The molecule has 3 heteroatoms. The highest BCUT2D eigenvalue weighted by molar-refractivity contribution is 6.32. The Morgan fingerprint density at radius 1 is 0.828 bits per heavy atom. The van der Waals surface area contributed by atoms with Crippen LogP contribution in [0.25, 0.3) is 11.1 Å². The van der Waals surface area contributed by atoms with Crippen LogP contribution in [0.2, 0.25) is 5.02 Å². The molecule has 0 fully saturated rings. The molecule has 0 bridgehead atoms. The largest absolute Gasteiger partial charge is 0.493 e. The van der Waals surface area contributed by atoms with E-state index in [-0.39, 0.29) is 5.41 Å². The number of halogens is 1. The van der Waals surface area contributed by atoms with Crippen LogP contribution in [0.4, 0.5) is 0 Å². The molecule has 0 spiro atoms. The molecule has 3 aromatic carbocycles. The molecule has 0 atom stereocenters. The molecular weight excluding hydrogens is 380 g/mol. The summed E-state index contributed by atoms with van der Waals surface area (Å²) in [5.74, 6) is 1.59. The smallest absolute Gasteiger partial charge is 0.137 e. The summed E-state index contributed by atoms with van der Waals surface area (Å²) in [5.41, 5.74) is 5.28. The molecule has 152 valence electrons. The van der Waals surface area contributed by atoms with Crippen LogP contribution in [0.3, 0.4) is 0 Å². The van der Waals surface area contributed by atoms with Gasteiger partial charge in [-0.15, -0.1) is 0 Å². The molecular formula is C26H29ClO2. The zero-order chi connectivity index (χ0) is 20.9. The maximum absolute atomic E-state index is 6.08. The van der Waals surface area contributed by atoms with Gasteiger partial charge in [0.25, 0.3) is 0 Å². The zero-order valence-corrected chi connectivity index (χ0v) is 18.4. The van der Waals surface area contributed by atoms with Crippen LogP contribution in [0, 0.1) is 6.92 Å². The Morgan fingerprint density at radius 3 is 2.17 bits per heavy atom. The highest BCUT2D eigenvalue weighted by Gasteiger charge is 2.14. The minimum absolute atomic E-state index is 0.163. The van der Waals surface area contributed by atoms with E-state index in [1.54, 1.807) is 0 Å². The van der Waals surface area contributed by atoms with Gasteiger partial charge in [0, 0.05) is 6.42 Å². The Hall–Kier alpha value is -2.45. The lowest BCUT2D eigenvalue weighted by Crippen LogP contribution is -2.11. The van der Waals surface area contributed by atoms with E-state index in [1.807, 2.05) is 36.4 Å². The molecule has 0 aromatic heterocycles. The van der Waals surface area contributed by atoms with Crippen molar-refractivity contribution in [1.82, 2.24) is 0 Å². The Kier molecular flexibility index (Phi) is 6.87. The van der Waals surface area contributed by atoms with E-state index in [9.17, 15) is 0 Å². The van der Waals surface area contributed by atoms with Gasteiger partial charge in [0.2, 0.25) is 0 Å². The second kappa shape index (κ2) is 9.37. The van der Waals surface area contributed by atoms with Gasteiger partial charge in [-0.1, -0.05) is 74.8 Å². The Bertz CT molecular complexity index is 940. The molecule has 3 aromatic rings. The van der Waals surface area contributed by atoms with E-state index in [2.05, 4.69) is 58.0 Å². The molecule has 3 rings (SSSR count). The van der Waals surface area contributed by atoms with Gasteiger partial charge in [-0.25, -0.2) is 0 Å². The lowest BCUT2D eigenvalue weighted by molar-refractivity contribution is 0.247. The van der Waals surface area contributed by atoms with E-state index in [0.717, 1.165) is 12.2 Å². The normalized spacial score (nSPS) is 11.3. The van der Waals surface area contributed by atoms with Crippen LogP contribution in [-0.2, 0) is 5.41 Å². The van der Waals surface area contributed by atoms with Crippen LogP contribution in [-0.4, -0.2) is 13.2 Å². The fourth-order valence-electron chi connectivity index (χ4n) is 3.18. The van der Waals surface area contributed by atoms with Crippen molar-refractivity contribution in [3.05, 3.63) is 82.9 Å². The summed E-state index contributed by atoms with van der Waals surface area (Å²) in [6.07, 6.45) is 0.792. The maximum Gasteiger partial charge on any atom is 0.137 e. The summed E-state index contributed by atoms with van der Waals surface area (Å²) in [4.78, 5) is 0. The van der Waals surface area contributed by atoms with E-state index >= 15 is 0 Å². The number of benzene rings is 3. The molecule has 2 nitrogen and oxygen atoms in total. The minimum Gasteiger partial charge on any atom is -0.493 e. The molecule has 29 heavy (non-hydrogen) atoms. The van der Waals surface area contributed by atoms with Crippen molar-refractivity contribution in [2.75, 3.05) is 13.2 Å².